The molecule has 0 radical (unpaired) electrons. The average molecular weight is 270 g/mol. The molecule has 1 unspecified atom stereocenters. The Bertz CT molecular complexity index is 460. The fraction of sp³-hybridized carbons (Fsp3) is 0.455. The van der Waals surface area contributed by atoms with Gasteiger partial charge in [-0.25, -0.2) is 4.79 Å². The highest BCUT2D eigenvalue weighted by molar-refractivity contribution is 7.17. The lowest BCUT2D eigenvalue weighted by atomic mass is 10.2. The van der Waals surface area contributed by atoms with Gasteiger partial charge >= 0.3 is 5.97 Å². The number of morpholine rings is 1. The summed E-state index contributed by atoms with van der Waals surface area (Å²) < 4.78 is 5.30. The van der Waals surface area contributed by atoms with Crippen LogP contribution in [0.4, 0.5) is 5.00 Å². The van der Waals surface area contributed by atoms with Crippen molar-refractivity contribution in [3.63, 3.8) is 0 Å². The van der Waals surface area contributed by atoms with E-state index < -0.39 is 12.0 Å². The van der Waals surface area contributed by atoms with Crippen molar-refractivity contribution in [3.8, 4) is 0 Å². The smallest absolute Gasteiger partial charge is 0.345 e. The van der Waals surface area contributed by atoms with E-state index in [1.54, 1.807) is 19.2 Å². The number of nitrogens with zero attached hydrogens (tertiary/aromatic N) is 1. The number of likely N-dealkylation sites (N-methyl/N-ethyl adjacent to an activating group) is 1. The number of nitrogens with one attached hydrogen (secondary N) is 1. The zero-order chi connectivity index (χ0) is 13.1. The van der Waals surface area contributed by atoms with Crippen molar-refractivity contribution in [2.45, 2.75) is 6.04 Å². The lowest BCUT2D eigenvalue weighted by Gasteiger charge is -2.34. The van der Waals surface area contributed by atoms with Crippen molar-refractivity contribution >= 4 is 28.2 Å². The van der Waals surface area contributed by atoms with Crippen LogP contribution in [0.1, 0.15) is 9.67 Å². The molecule has 1 atom stereocenters. The largest absolute Gasteiger partial charge is 0.477 e. The van der Waals surface area contributed by atoms with E-state index in [9.17, 15) is 9.59 Å². The number of carbonyl (C=O) groups excluding carboxylic acids is 1. The van der Waals surface area contributed by atoms with Gasteiger partial charge in [0, 0.05) is 13.6 Å². The van der Waals surface area contributed by atoms with Gasteiger partial charge in [0.2, 0.25) is 5.91 Å². The molecule has 1 saturated heterocycles. The van der Waals surface area contributed by atoms with Crippen LogP contribution in [0.15, 0.2) is 12.1 Å². The van der Waals surface area contributed by atoms with Crippen molar-refractivity contribution in [2.24, 2.45) is 0 Å². The van der Waals surface area contributed by atoms with Gasteiger partial charge in [0.05, 0.1) is 18.2 Å². The molecule has 1 aliphatic heterocycles. The second-order valence-electron chi connectivity index (χ2n) is 3.84. The maximum Gasteiger partial charge on any atom is 0.345 e. The van der Waals surface area contributed by atoms with E-state index in [-0.39, 0.29) is 10.8 Å². The molecule has 0 saturated carbocycles. The van der Waals surface area contributed by atoms with E-state index in [4.69, 9.17) is 9.84 Å². The van der Waals surface area contributed by atoms with Gasteiger partial charge < -0.3 is 20.1 Å². The van der Waals surface area contributed by atoms with Crippen LogP contribution in [0, 0.1) is 0 Å². The van der Waals surface area contributed by atoms with E-state index >= 15 is 0 Å². The molecule has 1 aromatic heterocycles. The van der Waals surface area contributed by atoms with Gasteiger partial charge in [-0.2, -0.15) is 0 Å². The van der Waals surface area contributed by atoms with Gasteiger partial charge in [-0.1, -0.05) is 0 Å². The van der Waals surface area contributed by atoms with E-state index in [2.05, 4.69) is 5.32 Å². The number of carboxylic acids is 1. The highest BCUT2D eigenvalue weighted by atomic mass is 32.1. The summed E-state index contributed by atoms with van der Waals surface area (Å²) in [6.45, 7) is 1.44. The second-order valence-corrected chi connectivity index (χ2v) is 4.90. The second kappa shape index (κ2) is 5.36. The van der Waals surface area contributed by atoms with Crippen LogP contribution in [-0.2, 0) is 9.53 Å². The molecule has 2 rings (SSSR count). The highest BCUT2D eigenvalue weighted by Gasteiger charge is 2.30. The van der Waals surface area contributed by atoms with Crippen LogP contribution >= 0.6 is 11.3 Å². The van der Waals surface area contributed by atoms with Crippen LogP contribution in [0.25, 0.3) is 0 Å². The summed E-state index contributed by atoms with van der Waals surface area (Å²) in [6.07, 6.45) is 0. The Labute approximate surface area is 108 Å². The lowest BCUT2D eigenvalue weighted by Crippen LogP contribution is -2.53. The zero-order valence-corrected chi connectivity index (χ0v) is 10.7. The SMILES string of the molecule is CNC(=O)C1COCCN1c1ccc(C(=O)O)s1. The Kier molecular flexibility index (Phi) is 3.83. The quantitative estimate of drug-likeness (QED) is 0.831. The van der Waals surface area contributed by atoms with Crippen LogP contribution in [0.2, 0.25) is 0 Å². The molecular weight excluding hydrogens is 256 g/mol. The molecule has 18 heavy (non-hydrogen) atoms. The van der Waals surface area contributed by atoms with E-state index in [0.29, 0.717) is 19.8 Å². The first kappa shape index (κ1) is 12.8. The molecule has 0 spiro atoms. The molecule has 98 valence electrons. The normalized spacial score (nSPS) is 19.6. The van der Waals surface area contributed by atoms with E-state index in [0.717, 1.165) is 5.00 Å². The Morgan fingerprint density at radius 3 is 2.94 bits per heavy atom. The summed E-state index contributed by atoms with van der Waals surface area (Å²) in [5, 5.41) is 12.3. The van der Waals surface area contributed by atoms with E-state index in [1.165, 1.54) is 11.3 Å². The third kappa shape index (κ3) is 2.46. The summed E-state index contributed by atoms with van der Waals surface area (Å²) in [5.41, 5.74) is 0. The third-order valence-corrected chi connectivity index (χ3v) is 3.87. The predicted octanol–water partition coefficient (Wildman–Crippen LogP) is 0.397. The summed E-state index contributed by atoms with van der Waals surface area (Å²) in [7, 11) is 1.58. The molecule has 1 aromatic rings. The summed E-state index contributed by atoms with van der Waals surface area (Å²) in [5.74, 6) is -1.07. The Hall–Kier alpha value is -1.60. The number of ether oxygens (including phenoxy) is 1. The number of anilines is 1. The molecule has 7 heteroatoms. The Morgan fingerprint density at radius 1 is 1.56 bits per heavy atom. The number of rotatable bonds is 3. The number of hydrogen-bond donors (Lipinski definition) is 2. The minimum Gasteiger partial charge on any atom is -0.477 e. The standard InChI is InChI=1S/C11H14N2O4S/c1-12-10(14)7-6-17-5-4-13(7)9-3-2-8(18-9)11(15)16/h2-3,7H,4-6H2,1H3,(H,12,14)(H,15,16). The molecule has 1 amide bonds. The number of amides is 1. The van der Waals surface area contributed by atoms with Crippen LogP contribution in [0.5, 0.6) is 0 Å². The van der Waals surface area contributed by atoms with E-state index in [1.807, 2.05) is 4.90 Å². The highest BCUT2D eigenvalue weighted by Crippen LogP contribution is 2.28. The lowest BCUT2D eigenvalue weighted by molar-refractivity contribution is -0.124. The molecule has 0 bridgehead atoms. The minimum absolute atomic E-state index is 0.125. The molecule has 1 fully saturated rings. The maximum atomic E-state index is 11.7. The molecule has 6 nitrogen and oxygen atoms in total. The summed E-state index contributed by atoms with van der Waals surface area (Å²) in [6, 6.07) is 2.89. The number of thiophene rings is 1. The number of carboxylic acid groups (broad SMARTS) is 1. The first-order chi connectivity index (χ1) is 8.63. The van der Waals surface area contributed by atoms with Gasteiger partial charge in [0.25, 0.3) is 0 Å². The van der Waals surface area contributed by atoms with Crippen molar-refractivity contribution in [1.29, 1.82) is 0 Å². The van der Waals surface area contributed by atoms with Crippen molar-refractivity contribution in [2.75, 3.05) is 31.7 Å². The number of hydrogen-bond acceptors (Lipinski definition) is 5. The molecule has 2 heterocycles. The van der Waals surface area contributed by atoms with Gasteiger partial charge in [0.1, 0.15) is 10.9 Å². The van der Waals surface area contributed by atoms with Crippen molar-refractivity contribution in [1.82, 2.24) is 5.32 Å². The fourth-order valence-corrected chi connectivity index (χ4v) is 2.77. The topological polar surface area (TPSA) is 78.9 Å². The van der Waals surface area contributed by atoms with Crippen LogP contribution in [-0.4, -0.2) is 49.8 Å². The van der Waals surface area contributed by atoms with Gasteiger partial charge in [-0.3, -0.25) is 4.79 Å². The molecule has 1 aliphatic rings. The molecule has 2 N–H and O–H groups in total. The Morgan fingerprint density at radius 2 is 2.33 bits per heavy atom. The molecule has 0 aromatic carbocycles. The Balaban J connectivity index is 2.22. The minimum atomic E-state index is -0.948. The zero-order valence-electron chi connectivity index (χ0n) is 9.88. The fourth-order valence-electron chi connectivity index (χ4n) is 1.85. The summed E-state index contributed by atoms with van der Waals surface area (Å²) in [4.78, 5) is 24.8. The van der Waals surface area contributed by atoms with Crippen molar-refractivity contribution in [3.05, 3.63) is 17.0 Å². The molecule has 0 aliphatic carbocycles. The predicted molar refractivity (Wildman–Crippen MR) is 67.3 cm³/mol. The monoisotopic (exact) mass is 270 g/mol. The first-order valence-corrected chi connectivity index (χ1v) is 6.34. The van der Waals surface area contributed by atoms with Crippen LogP contribution < -0.4 is 10.2 Å². The summed E-state index contributed by atoms with van der Waals surface area (Å²) >= 11 is 1.17. The van der Waals surface area contributed by atoms with Crippen molar-refractivity contribution < 1.29 is 19.4 Å². The van der Waals surface area contributed by atoms with Gasteiger partial charge in [-0.15, -0.1) is 11.3 Å². The third-order valence-electron chi connectivity index (χ3n) is 2.76. The first-order valence-electron chi connectivity index (χ1n) is 5.52. The van der Waals surface area contributed by atoms with Gasteiger partial charge in [0.15, 0.2) is 0 Å². The molecular formula is C11H14N2O4S. The number of aromatic carboxylic acids is 1. The van der Waals surface area contributed by atoms with Crippen LogP contribution in [0.3, 0.4) is 0 Å². The van der Waals surface area contributed by atoms with Gasteiger partial charge in [-0.05, 0) is 12.1 Å². The number of carbonyl (C=O) groups is 2. The maximum absolute atomic E-state index is 11.7. The average Bonchev–Trinajstić information content (AvgIpc) is 2.87.